The van der Waals surface area contributed by atoms with Crippen LogP contribution in [0.25, 0.3) is 11.3 Å². The summed E-state index contributed by atoms with van der Waals surface area (Å²) in [6.45, 7) is 0. The quantitative estimate of drug-likeness (QED) is 0.306. The first-order valence-corrected chi connectivity index (χ1v) is 12.8. The average molecular weight is 607 g/mol. The van der Waals surface area contributed by atoms with Crippen molar-refractivity contribution in [1.82, 2.24) is 15.3 Å². The Morgan fingerprint density at radius 2 is 1.69 bits per heavy atom. The van der Waals surface area contributed by atoms with E-state index in [4.69, 9.17) is 11.6 Å². The first kappa shape index (κ1) is 32.0. The lowest BCUT2D eigenvalue weighted by molar-refractivity contribution is -0.146. The number of methoxy groups -OCH3 is 2. The third-order valence-corrected chi connectivity index (χ3v) is 6.15. The number of alkyl halides is 3. The predicted octanol–water partition coefficient (Wildman–Crippen LogP) is 4.87. The van der Waals surface area contributed by atoms with Gasteiger partial charge in [-0.05, 0) is 48.9 Å². The molecular formula is C28H26ClF3N4O6. The Morgan fingerprint density at radius 3 is 2.31 bits per heavy atom. The molecule has 2 amide bonds. The van der Waals surface area contributed by atoms with E-state index in [2.05, 4.69) is 24.8 Å². The van der Waals surface area contributed by atoms with Crippen molar-refractivity contribution in [2.45, 2.75) is 37.9 Å². The number of amides is 2. The highest BCUT2D eigenvalue weighted by Crippen LogP contribution is 2.32. The number of rotatable bonds is 11. The summed E-state index contributed by atoms with van der Waals surface area (Å²) >= 11 is 6.08. The van der Waals surface area contributed by atoms with E-state index in [1.807, 2.05) is 0 Å². The molecule has 0 aliphatic rings. The number of esters is 2. The second kappa shape index (κ2) is 14.4. The first-order chi connectivity index (χ1) is 19.9. The van der Waals surface area contributed by atoms with E-state index in [1.165, 1.54) is 13.3 Å². The van der Waals surface area contributed by atoms with E-state index >= 15 is 0 Å². The summed E-state index contributed by atoms with van der Waals surface area (Å²) in [7, 11) is 2.29. The predicted molar refractivity (Wildman–Crippen MR) is 145 cm³/mol. The molecule has 1 unspecified atom stereocenters. The maximum atomic E-state index is 13.4. The normalized spacial score (nSPS) is 11.8. The number of anilines is 2. The van der Waals surface area contributed by atoms with Crippen LogP contribution >= 0.6 is 11.6 Å². The standard InChI is InChI=1S/C28H26ClF3N4O6/c1-41-25(39)13-10-22(26(40)42-2)34-23(37)11-12-24(38)36(20-8-6-18(7-9-20)28(30,31)32)27-33-15-14-21(35-27)17-4-3-5-19(29)16-17/h3-9,14-16,22H,10-13H2,1-2H3,(H,34,37). The average Bonchev–Trinajstić information content (AvgIpc) is 2.97. The van der Waals surface area contributed by atoms with Gasteiger partial charge in [-0.25, -0.2) is 19.7 Å². The van der Waals surface area contributed by atoms with Crippen LogP contribution in [0.4, 0.5) is 24.8 Å². The summed E-state index contributed by atoms with van der Waals surface area (Å²) in [5, 5.41) is 2.86. The van der Waals surface area contributed by atoms with Crippen molar-refractivity contribution < 1.29 is 41.8 Å². The van der Waals surface area contributed by atoms with Crippen LogP contribution in [0.15, 0.2) is 60.8 Å². The molecule has 3 rings (SSSR count). The van der Waals surface area contributed by atoms with Crippen molar-refractivity contribution in [3.63, 3.8) is 0 Å². The molecule has 0 fully saturated rings. The van der Waals surface area contributed by atoms with Gasteiger partial charge >= 0.3 is 18.1 Å². The highest BCUT2D eigenvalue weighted by molar-refractivity contribution is 6.30. The Kier molecular flexibility index (Phi) is 11.0. The Balaban J connectivity index is 1.86. The molecule has 0 saturated carbocycles. The van der Waals surface area contributed by atoms with Gasteiger partial charge in [0.15, 0.2) is 0 Å². The third-order valence-electron chi connectivity index (χ3n) is 5.92. The minimum Gasteiger partial charge on any atom is -0.469 e. The van der Waals surface area contributed by atoms with Crippen LogP contribution in [-0.4, -0.2) is 54.0 Å². The fourth-order valence-electron chi connectivity index (χ4n) is 3.79. The van der Waals surface area contributed by atoms with E-state index in [0.29, 0.717) is 16.3 Å². The summed E-state index contributed by atoms with van der Waals surface area (Å²) in [6.07, 6.45) is -4.33. The van der Waals surface area contributed by atoms with Crippen molar-refractivity contribution in [2.24, 2.45) is 0 Å². The Bertz CT molecular complexity index is 1440. The SMILES string of the molecule is COC(=O)CCC(NC(=O)CCC(=O)N(c1ccc(C(F)(F)F)cc1)c1nccc(-c2cccc(Cl)c2)n1)C(=O)OC. The third kappa shape index (κ3) is 8.74. The topological polar surface area (TPSA) is 128 Å². The van der Waals surface area contributed by atoms with Gasteiger partial charge in [-0.15, -0.1) is 0 Å². The molecule has 3 aromatic rings. The van der Waals surface area contributed by atoms with E-state index in [0.717, 1.165) is 36.3 Å². The molecule has 1 aromatic heterocycles. The maximum Gasteiger partial charge on any atom is 0.416 e. The van der Waals surface area contributed by atoms with E-state index < -0.39 is 54.4 Å². The number of benzene rings is 2. The lowest BCUT2D eigenvalue weighted by atomic mass is 10.1. The van der Waals surface area contributed by atoms with Gasteiger partial charge in [0, 0.05) is 36.0 Å². The Hall–Kier alpha value is -4.52. The smallest absolute Gasteiger partial charge is 0.416 e. The number of halogens is 4. The van der Waals surface area contributed by atoms with Gasteiger partial charge in [-0.1, -0.05) is 23.7 Å². The lowest BCUT2D eigenvalue weighted by Gasteiger charge is -2.22. The van der Waals surface area contributed by atoms with Crippen molar-refractivity contribution in [2.75, 3.05) is 19.1 Å². The molecule has 1 atom stereocenters. The van der Waals surface area contributed by atoms with E-state index in [9.17, 15) is 32.3 Å². The Morgan fingerprint density at radius 1 is 0.976 bits per heavy atom. The fraction of sp³-hybridized carbons (Fsp3) is 0.286. The minimum absolute atomic E-state index is 0.0298. The monoisotopic (exact) mass is 606 g/mol. The zero-order chi connectivity index (χ0) is 30.9. The van der Waals surface area contributed by atoms with Crippen LogP contribution in [0.5, 0.6) is 0 Å². The lowest BCUT2D eigenvalue weighted by Crippen LogP contribution is -2.42. The molecule has 1 N–H and O–H groups in total. The molecule has 14 heteroatoms. The van der Waals surface area contributed by atoms with Crippen molar-refractivity contribution in [3.05, 3.63) is 71.4 Å². The van der Waals surface area contributed by atoms with Crippen molar-refractivity contribution in [1.29, 1.82) is 0 Å². The molecule has 42 heavy (non-hydrogen) atoms. The number of nitrogens with one attached hydrogen (secondary N) is 1. The molecule has 0 spiro atoms. The molecular weight excluding hydrogens is 581 g/mol. The van der Waals surface area contributed by atoms with Gasteiger partial charge in [0.2, 0.25) is 17.8 Å². The second-order valence-electron chi connectivity index (χ2n) is 8.78. The Labute approximate surface area is 243 Å². The van der Waals surface area contributed by atoms with E-state index in [1.54, 1.807) is 30.3 Å². The first-order valence-electron chi connectivity index (χ1n) is 12.5. The number of ether oxygens (including phenoxy) is 2. The summed E-state index contributed by atoms with van der Waals surface area (Å²) in [4.78, 5) is 59.2. The summed E-state index contributed by atoms with van der Waals surface area (Å²) in [6, 6.07) is 10.9. The van der Waals surface area contributed by atoms with Crippen LogP contribution in [-0.2, 0) is 34.8 Å². The molecule has 0 bridgehead atoms. The molecule has 2 aromatic carbocycles. The van der Waals surface area contributed by atoms with Gasteiger partial charge in [0.05, 0.1) is 31.2 Å². The van der Waals surface area contributed by atoms with Gasteiger partial charge < -0.3 is 14.8 Å². The molecule has 10 nitrogen and oxygen atoms in total. The van der Waals surface area contributed by atoms with Crippen molar-refractivity contribution in [3.8, 4) is 11.3 Å². The largest absolute Gasteiger partial charge is 0.469 e. The molecule has 0 radical (unpaired) electrons. The van der Waals surface area contributed by atoms with Gasteiger partial charge in [0.1, 0.15) is 6.04 Å². The van der Waals surface area contributed by atoms with Crippen LogP contribution in [0.2, 0.25) is 5.02 Å². The number of carbonyl (C=O) groups is 4. The van der Waals surface area contributed by atoms with E-state index in [-0.39, 0.29) is 24.5 Å². The molecule has 0 saturated heterocycles. The molecule has 0 aliphatic heterocycles. The molecule has 222 valence electrons. The van der Waals surface area contributed by atoms with Gasteiger partial charge in [-0.2, -0.15) is 13.2 Å². The van der Waals surface area contributed by atoms with Gasteiger partial charge in [-0.3, -0.25) is 14.4 Å². The summed E-state index contributed by atoms with van der Waals surface area (Å²) in [5.74, 6) is -2.96. The fourth-order valence-corrected chi connectivity index (χ4v) is 3.98. The number of nitrogens with zero attached hydrogens (tertiary/aromatic N) is 3. The zero-order valence-corrected chi connectivity index (χ0v) is 23.2. The van der Waals surface area contributed by atoms with Gasteiger partial charge in [0.25, 0.3) is 0 Å². The second-order valence-corrected chi connectivity index (χ2v) is 9.22. The van der Waals surface area contributed by atoms with Crippen molar-refractivity contribution >= 4 is 47.0 Å². The maximum absolute atomic E-state index is 13.4. The number of hydrogen-bond acceptors (Lipinski definition) is 8. The van der Waals surface area contributed by atoms with Crippen LogP contribution in [0.3, 0.4) is 0 Å². The molecule has 1 heterocycles. The highest BCUT2D eigenvalue weighted by Gasteiger charge is 2.31. The minimum atomic E-state index is -4.60. The molecule has 0 aliphatic carbocycles. The van der Waals surface area contributed by atoms with Crippen LogP contribution in [0.1, 0.15) is 31.2 Å². The van der Waals surface area contributed by atoms with Crippen LogP contribution in [0, 0.1) is 0 Å². The van der Waals surface area contributed by atoms with Crippen LogP contribution < -0.4 is 10.2 Å². The summed E-state index contributed by atoms with van der Waals surface area (Å²) in [5.41, 5.74) is 0.0947. The number of carbonyl (C=O) groups excluding carboxylic acids is 4. The summed E-state index contributed by atoms with van der Waals surface area (Å²) < 4.78 is 48.7. The number of aromatic nitrogens is 2. The highest BCUT2D eigenvalue weighted by atomic mass is 35.5. The zero-order valence-electron chi connectivity index (χ0n) is 22.5. The number of hydrogen-bond donors (Lipinski definition) is 1.